The van der Waals surface area contributed by atoms with Gasteiger partial charge in [0.05, 0.1) is 5.52 Å². The molecular formula is C33H31N3. The standard InChI is InChI=1S/C33H31N3/c1-19(2)15-29-20(3)16-30-21(4)26(25-17-35-22(5)36-18-25)11-12-27(30)32(29)28-10-9-23-7-6-8-24-13-14-34-33(28)31(23)24/h9-14,16-18H,1,6-8,15H2,2-5H3. The first kappa shape index (κ1) is 22.6. The second kappa shape index (κ2) is 8.67. The first-order valence-electron chi connectivity index (χ1n) is 12.8. The zero-order chi connectivity index (χ0) is 25.0. The van der Waals surface area contributed by atoms with E-state index in [9.17, 15) is 0 Å². The second-order valence-electron chi connectivity index (χ2n) is 10.4. The van der Waals surface area contributed by atoms with Crippen LogP contribution in [0.1, 0.15) is 47.0 Å². The molecular weight excluding hydrogens is 438 g/mol. The number of aromatic nitrogens is 3. The predicted molar refractivity (Wildman–Crippen MR) is 150 cm³/mol. The van der Waals surface area contributed by atoms with E-state index in [1.807, 2.05) is 25.5 Å². The van der Waals surface area contributed by atoms with Gasteiger partial charge in [-0.05, 0) is 109 Å². The average molecular weight is 470 g/mol. The lowest BCUT2D eigenvalue weighted by molar-refractivity contribution is 0.806. The van der Waals surface area contributed by atoms with E-state index in [0.29, 0.717) is 0 Å². The maximum absolute atomic E-state index is 4.97. The van der Waals surface area contributed by atoms with Crippen molar-refractivity contribution in [1.29, 1.82) is 0 Å². The van der Waals surface area contributed by atoms with Gasteiger partial charge in [-0.25, -0.2) is 9.97 Å². The van der Waals surface area contributed by atoms with Crippen molar-refractivity contribution in [2.45, 2.75) is 53.4 Å². The molecule has 0 unspecified atom stereocenters. The molecule has 3 nitrogen and oxygen atoms in total. The molecule has 0 fully saturated rings. The van der Waals surface area contributed by atoms with E-state index in [4.69, 9.17) is 4.98 Å². The molecule has 2 heterocycles. The summed E-state index contributed by atoms with van der Waals surface area (Å²) in [7, 11) is 0. The fraction of sp³-hybridized carbons (Fsp3) is 0.242. The average Bonchev–Trinajstić information content (AvgIpc) is 2.87. The highest BCUT2D eigenvalue weighted by molar-refractivity contribution is 6.09. The number of hydrogen-bond acceptors (Lipinski definition) is 3. The highest BCUT2D eigenvalue weighted by atomic mass is 14.8. The molecule has 6 rings (SSSR count). The Morgan fingerprint density at radius 3 is 2.33 bits per heavy atom. The molecule has 1 aliphatic rings. The Kier molecular flexibility index (Phi) is 5.44. The molecule has 2 aromatic heterocycles. The monoisotopic (exact) mass is 469 g/mol. The molecule has 0 spiro atoms. The van der Waals surface area contributed by atoms with E-state index in [2.05, 4.69) is 73.7 Å². The van der Waals surface area contributed by atoms with E-state index < -0.39 is 0 Å². The van der Waals surface area contributed by atoms with Crippen molar-refractivity contribution in [3.63, 3.8) is 0 Å². The molecule has 0 bridgehead atoms. The van der Waals surface area contributed by atoms with Crippen molar-refractivity contribution in [3.8, 4) is 22.3 Å². The summed E-state index contributed by atoms with van der Waals surface area (Å²) >= 11 is 0. The van der Waals surface area contributed by atoms with Gasteiger partial charge in [0, 0.05) is 35.1 Å². The first-order chi connectivity index (χ1) is 17.4. The molecule has 3 aromatic carbocycles. The van der Waals surface area contributed by atoms with Crippen molar-refractivity contribution in [2.24, 2.45) is 0 Å². The van der Waals surface area contributed by atoms with E-state index in [-0.39, 0.29) is 0 Å². The molecule has 0 saturated carbocycles. The zero-order valence-corrected chi connectivity index (χ0v) is 21.6. The lowest BCUT2D eigenvalue weighted by Gasteiger charge is -2.23. The molecule has 178 valence electrons. The second-order valence-corrected chi connectivity index (χ2v) is 10.4. The predicted octanol–water partition coefficient (Wildman–Crippen LogP) is 8.04. The number of rotatable bonds is 4. The van der Waals surface area contributed by atoms with Crippen LogP contribution in [-0.4, -0.2) is 15.0 Å². The molecule has 0 N–H and O–H groups in total. The summed E-state index contributed by atoms with van der Waals surface area (Å²) in [5.41, 5.74) is 13.8. The van der Waals surface area contributed by atoms with Crippen LogP contribution in [0, 0.1) is 20.8 Å². The van der Waals surface area contributed by atoms with Crippen LogP contribution < -0.4 is 0 Å². The largest absolute Gasteiger partial charge is 0.256 e. The summed E-state index contributed by atoms with van der Waals surface area (Å²) in [6.45, 7) is 12.8. The summed E-state index contributed by atoms with van der Waals surface area (Å²) in [5.74, 6) is 0.787. The van der Waals surface area contributed by atoms with Crippen LogP contribution in [0.3, 0.4) is 0 Å². The Morgan fingerprint density at radius 2 is 1.58 bits per heavy atom. The van der Waals surface area contributed by atoms with Gasteiger partial charge in [-0.2, -0.15) is 0 Å². The summed E-state index contributed by atoms with van der Waals surface area (Å²) in [5, 5.41) is 3.90. The summed E-state index contributed by atoms with van der Waals surface area (Å²) in [4.78, 5) is 13.9. The molecule has 0 amide bonds. The van der Waals surface area contributed by atoms with Gasteiger partial charge in [0.25, 0.3) is 0 Å². The minimum atomic E-state index is 0.787. The number of pyridine rings is 1. The minimum Gasteiger partial charge on any atom is -0.256 e. The van der Waals surface area contributed by atoms with Crippen molar-refractivity contribution in [1.82, 2.24) is 15.0 Å². The normalized spacial score (nSPS) is 12.9. The van der Waals surface area contributed by atoms with Gasteiger partial charge >= 0.3 is 0 Å². The Balaban J connectivity index is 1.69. The number of benzene rings is 3. The molecule has 1 aliphatic carbocycles. The Labute approximate surface area is 213 Å². The van der Waals surface area contributed by atoms with Gasteiger partial charge in [-0.1, -0.05) is 42.5 Å². The van der Waals surface area contributed by atoms with Crippen molar-refractivity contribution in [3.05, 3.63) is 101 Å². The van der Waals surface area contributed by atoms with Gasteiger partial charge < -0.3 is 0 Å². The van der Waals surface area contributed by atoms with Crippen LogP contribution in [-0.2, 0) is 19.3 Å². The highest BCUT2D eigenvalue weighted by Gasteiger charge is 2.21. The lowest BCUT2D eigenvalue weighted by Crippen LogP contribution is -2.04. The third-order valence-corrected chi connectivity index (χ3v) is 7.72. The fourth-order valence-corrected chi connectivity index (χ4v) is 5.98. The van der Waals surface area contributed by atoms with Gasteiger partial charge in [-0.3, -0.25) is 4.98 Å². The molecule has 0 radical (unpaired) electrons. The van der Waals surface area contributed by atoms with Gasteiger partial charge in [-0.15, -0.1) is 0 Å². The summed E-state index contributed by atoms with van der Waals surface area (Å²) < 4.78 is 0. The van der Waals surface area contributed by atoms with Crippen LogP contribution in [0.2, 0.25) is 0 Å². The fourth-order valence-electron chi connectivity index (χ4n) is 5.98. The van der Waals surface area contributed by atoms with E-state index >= 15 is 0 Å². The third kappa shape index (κ3) is 3.62. The van der Waals surface area contributed by atoms with Crippen molar-refractivity contribution < 1.29 is 0 Å². The topological polar surface area (TPSA) is 38.7 Å². The van der Waals surface area contributed by atoms with E-state index in [0.717, 1.165) is 36.2 Å². The van der Waals surface area contributed by atoms with Gasteiger partial charge in [0.15, 0.2) is 0 Å². The Hall–Kier alpha value is -3.85. The van der Waals surface area contributed by atoms with Crippen LogP contribution in [0.4, 0.5) is 0 Å². The minimum absolute atomic E-state index is 0.787. The molecule has 0 atom stereocenters. The summed E-state index contributed by atoms with van der Waals surface area (Å²) in [6, 6.07) is 13.7. The summed E-state index contributed by atoms with van der Waals surface area (Å²) in [6.07, 6.45) is 10.2. The Morgan fingerprint density at radius 1 is 0.861 bits per heavy atom. The van der Waals surface area contributed by atoms with Gasteiger partial charge in [0.1, 0.15) is 5.82 Å². The number of aryl methyl sites for hydroxylation is 5. The van der Waals surface area contributed by atoms with Crippen LogP contribution in [0.15, 0.2) is 67.1 Å². The maximum atomic E-state index is 4.97. The third-order valence-electron chi connectivity index (χ3n) is 7.72. The quantitative estimate of drug-likeness (QED) is 0.250. The van der Waals surface area contributed by atoms with Crippen LogP contribution in [0.5, 0.6) is 0 Å². The number of fused-ring (bicyclic) bond motifs is 1. The van der Waals surface area contributed by atoms with Crippen LogP contribution in [0.25, 0.3) is 43.9 Å². The van der Waals surface area contributed by atoms with Crippen molar-refractivity contribution in [2.75, 3.05) is 0 Å². The molecule has 0 aliphatic heterocycles. The lowest BCUT2D eigenvalue weighted by atomic mass is 9.82. The number of allylic oxidation sites excluding steroid dienone is 1. The van der Waals surface area contributed by atoms with E-state index in [1.54, 1.807) is 0 Å². The zero-order valence-electron chi connectivity index (χ0n) is 21.6. The van der Waals surface area contributed by atoms with E-state index in [1.165, 1.54) is 72.7 Å². The van der Waals surface area contributed by atoms with Gasteiger partial charge in [0.2, 0.25) is 0 Å². The smallest absolute Gasteiger partial charge is 0.125 e. The molecule has 3 heteroatoms. The van der Waals surface area contributed by atoms with Crippen molar-refractivity contribution >= 4 is 21.7 Å². The Bertz CT molecular complexity index is 1670. The molecule has 5 aromatic rings. The SMILES string of the molecule is C=C(C)Cc1c(C)cc2c(C)c(-c3cnc(C)nc3)ccc2c1-c1ccc2c3c(ccnc13)CCC2. The number of nitrogens with zero attached hydrogens (tertiary/aromatic N) is 3. The highest BCUT2D eigenvalue weighted by Crippen LogP contribution is 2.43. The molecule has 36 heavy (non-hydrogen) atoms. The maximum Gasteiger partial charge on any atom is 0.125 e. The van der Waals surface area contributed by atoms with Crippen LogP contribution >= 0.6 is 0 Å². The molecule has 0 saturated heterocycles. The first-order valence-corrected chi connectivity index (χ1v) is 12.8. The number of hydrogen-bond donors (Lipinski definition) is 0.